The Morgan fingerprint density at radius 3 is 2.80 bits per heavy atom. The number of nitrogens with zero attached hydrogens (tertiary/aromatic N) is 3. The van der Waals surface area contributed by atoms with Crippen LogP contribution in [0.15, 0.2) is 30.3 Å². The van der Waals surface area contributed by atoms with E-state index in [1.54, 1.807) is 13.0 Å². The summed E-state index contributed by atoms with van der Waals surface area (Å²) in [6, 6.07) is 9.39. The molecule has 0 aliphatic rings. The Bertz CT molecular complexity index is 936. The Balaban J connectivity index is 2.13. The smallest absolute Gasteiger partial charge is 0.325 e. The minimum atomic E-state index is -0.327. The number of carbonyl (C=O) groups is 1. The quantitative estimate of drug-likeness (QED) is 0.705. The van der Waals surface area contributed by atoms with Crippen LogP contribution >= 0.6 is 11.6 Å². The Morgan fingerprint density at radius 1 is 1.28 bits per heavy atom. The van der Waals surface area contributed by atoms with Gasteiger partial charge in [0.1, 0.15) is 18.1 Å². The average Bonchev–Trinajstić information content (AvgIpc) is 2.92. The molecule has 25 heavy (non-hydrogen) atoms. The monoisotopic (exact) mass is 358 g/mol. The number of nitrogens with one attached hydrogen (secondary N) is 1. The van der Waals surface area contributed by atoms with E-state index in [-0.39, 0.29) is 12.5 Å². The van der Waals surface area contributed by atoms with E-state index >= 15 is 0 Å². The first-order valence-electron chi connectivity index (χ1n) is 8.01. The molecule has 0 fully saturated rings. The van der Waals surface area contributed by atoms with E-state index in [1.807, 2.05) is 42.5 Å². The van der Waals surface area contributed by atoms with Gasteiger partial charge in [-0.3, -0.25) is 9.20 Å². The highest BCUT2D eigenvalue weighted by Crippen LogP contribution is 2.30. The van der Waals surface area contributed by atoms with Gasteiger partial charge in [0, 0.05) is 22.0 Å². The van der Waals surface area contributed by atoms with Gasteiger partial charge >= 0.3 is 5.97 Å². The molecule has 0 atom stereocenters. The minimum absolute atomic E-state index is 0.0442. The highest BCUT2D eigenvalue weighted by atomic mass is 35.5. The molecular formula is C18H19ClN4O2. The summed E-state index contributed by atoms with van der Waals surface area (Å²) in [4.78, 5) is 20.9. The molecule has 0 unspecified atom stereocenters. The van der Waals surface area contributed by atoms with Crippen LogP contribution in [0.25, 0.3) is 17.0 Å². The zero-order valence-electron chi connectivity index (χ0n) is 14.3. The molecule has 7 heteroatoms. The summed E-state index contributed by atoms with van der Waals surface area (Å²) < 4.78 is 6.89. The molecule has 0 saturated carbocycles. The highest BCUT2D eigenvalue weighted by Gasteiger charge is 2.18. The predicted molar refractivity (Wildman–Crippen MR) is 98.0 cm³/mol. The standard InChI is InChI=1S/C18H19ClN4O2/c1-4-25-15(24)10-20-17-16(13-6-5-7-14(19)9-13)22-18-21-11(2)8-12(3)23(17)18/h5-9,20H,4,10H2,1-3H3. The molecule has 3 rings (SSSR count). The van der Waals surface area contributed by atoms with Crippen molar-refractivity contribution in [3.05, 3.63) is 46.7 Å². The maximum Gasteiger partial charge on any atom is 0.325 e. The van der Waals surface area contributed by atoms with Crippen molar-refractivity contribution in [3.8, 4) is 11.3 Å². The zero-order chi connectivity index (χ0) is 18.0. The molecule has 1 aromatic carbocycles. The molecule has 2 heterocycles. The van der Waals surface area contributed by atoms with E-state index in [1.165, 1.54) is 0 Å². The van der Waals surface area contributed by atoms with E-state index in [0.717, 1.165) is 17.0 Å². The summed E-state index contributed by atoms with van der Waals surface area (Å²) in [5.41, 5.74) is 3.38. The Morgan fingerprint density at radius 2 is 2.08 bits per heavy atom. The molecule has 3 aromatic rings. The second kappa shape index (κ2) is 7.11. The number of aromatic nitrogens is 3. The second-order valence-electron chi connectivity index (χ2n) is 5.65. The van der Waals surface area contributed by atoms with Crippen LogP contribution in [0.2, 0.25) is 5.02 Å². The first-order chi connectivity index (χ1) is 12.0. The summed E-state index contributed by atoms with van der Waals surface area (Å²) in [5.74, 6) is 0.932. The number of hydrogen-bond donors (Lipinski definition) is 1. The predicted octanol–water partition coefficient (Wildman–Crippen LogP) is 3.64. The van der Waals surface area contributed by atoms with Crippen molar-refractivity contribution < 1.29 is 9.53 Å². The highest BCUT2D eigenvalue weighted by molar-refractivity contribution is 6.30. The van der Waals surface area contributed by atoms with Crippen molar-refractivity contribution >= 4 is 29.2 Å². The largest absolute Gasteiger partial charge is 0.465 e. The summed E-state index contributed by atoms with van der Waals surface area (Å²) >= 11 is 6.13. The van der Waals surface area contributed by atoms with Crippen molar-refractivity contribution in [2.75, 3.05) is 18.5 Å². The number of imidazole rings is 1. The van der Waals surface area contributed by atoms with Gasteiger partial charge in [-0.15, -0.1) is 0 Å². The lowest BCUT2D eigenvalue weighted by Gasteiger charge is -2.10. The Kier molecular flexibility index (Phi) is 4.90. The summed E-state index contributed by atoms with van der Waals surface area (Å²) in [7, 11) is 0. The molecule has 0 radical (unpaired) electrons. The first-order valence-corrected chi connectivity index (χ1v) is 8.39. The molecule has 0 amide bonds. The number of halogens is 1. The Labute approximate surface area is 150 Å². The molecular weight excluding hydrogens is 340 g/mol. The molecule has 2 aromatic heterocycles. The van der Waals surface area contributed by atoms with Gasteiger partial charge in [0.25, 0.3) is 0 Å². The number of ether oxygens (including phenoxy) is 1. The maximum atomic E-state index is 11.8. The number of carbonyl (C=O) groups excluding carboxylic acids is 1. The van der Waals surface area contributed by atoms with E-state index in [2.05, 4.69) is 15.3 Å². The average molecular weight is 359 g/mol. The zero-order valence-corrected chi connectivity index (χ0v) is 15.1. The molecule has 130 valence electrons. The molecule has 0 bridgehead atoms. The fraction of sp³-hybridized carbons (Fsp3) is 0.278. The van der Waals surface area contributed by atoms with Gasteiger partial charge in [-0.1, -0.05) is 23.7 Å². The number of aryl methyl sites for hydroxylation is 2. The SMILES string of the molecule is CCOC(=O)CNc1c(-c2cccc(Cl)c2)nc2nc(C)cc(C)n12. The van der Waals surface area contributed by atoms with Crippen LogP contribution < -0.4 is 5.32 Å². The van der Waals surface area contributed by atoms with Crippen LogP contribution in [-0.2, 0) is 9.53 Å². The number of esters is 1. The van der Waals surface area contributed by atoms with Crippen molar-refractivity contribution in [2.45, 2.75) is 20.8 Å². The fourth-order valence-electron chi connectivity index (χ4n) is 2.74. The van der Waals surface area contributed by atoms with Crippen LogP contribution in [0, 0.1) is 13.8 Å². The van der Waals surface area contributed by atoms with Gasteiger partial charge in [-0.05, 0) is 39.0 Å². The molecule has 1 N–H and O–H groups in total. The van der Waals surface area contributed by atoms with Gasteiger partial charge < -0.3 is 10.1 Å². The van der Waals surface area contributed by atoms with Gasteiger partial charge in [0.2, 0.25) is 5.78 Å². The van der Waals surface area contributed by atoms with Crippen molar-refractivity contribution in [3.63, 3.8) is 0 Å². The second-order valence-corrected chi connectivity index (χ2v) is 6.09. The first kappa shape index (κ1) is 17.2. The van der Waals surface area contributed by atoms with Gasteiger partial charge in [0.05, 0.1) is 6.61 Å². The van der Waals surface area contributed by atoms with E-state index < -0.39 is 0 Å². The van der Waals surface area contributed by atoms with Gasteiger partial charge in [-0.25, -0.2) is 9.97 Å². The van der Waals surface area contributed by atoms with Crippen LogP contribution in [0.1, 0.15) is 18.3 Å². The number of benzene rings is 1. The molecule has 0 aliphatic heterocycles. The van der Waals surface area contributed by atoms with Crippen molar-refractivity contribution in [1.82, 2.24) is 14.4 Å². The van der Waals surface area contributed by atoms with Gasteiger partial charge in [0.15, 0.2) is 0 Å². The molecule has 6 nitrogen and oxygen atoms in total. The van der Waals surface area contributed by atoms with E-state index in [0.29, 0.717) is 28.9 Å². The lowest BCUT2D eigenvalue weighted by molar-refractivity contribution is -0.140. The minimum Gasteiger partial charge on any atom is -0.465 e. The maximum absolute atomic E-state index is 11.8. The van der Waals surface area contributed by atoms with E-state index in [4.69, 9.17) is 16.3 Å². The molecule has 0 aliphatic carbocycles. The summed E-state index contributed by atoms with van der Waals surface area (Å²) in [5, 5.41) is 3.76. The third kappa shape index (κ3) is 3.58. The van der Waals surface area contributed by atoms with E-state index in [9.17, 15) is 4.79 Å². The van der Waals surface area contributed by atoms with Gasteiger partial charge in [-0.2, -0.15) is 0 Å². The molecule has 0 saturated heterocycles. The van der Waals surface area contributed by atoms with Crippen LogP contribution in [0.4, 0.5) is 5.82 Å². The topological polar surface area (TPSA) is 68.5 Å². The normalized spacial score (nSPS) is 10.9. The Hall–Kier alpha value is -2.60. The third-order valence-corrected chi connectivity index (χ3v) is 3.95. The van der Waals surface area contributed by atoms with Crippen molar-refractivity contribution in [2.24, 2.45) is 0 Å². The summed E-state index contributed by atoms with van der Waals surface area (Å²) in [6.07, 6.45) is 0. The van der Waals surface area contributed by atoms with Crippen LogP contribution in [-0.4, -0.2) is 33.5 Å². The summed E-state index contributed by atoms with van der Waals surface area (Å²) in [6.45, 7) is 6.06. The lowest BCUT2D eigenvalue weighted by Crippen LogP contribution is -2.18. The fourth-order valence-corrected chi connectivity index (χ4v) is 2.93. The third-order valence-electron chi connectivity index (χ3n) is 3.71. The number of fused-ring (bicyclic) bond motifs is 1. The number of rotatable bonds is 5. The number of anilines is 1. The molecule has 0 spiro atoms. The van der Waals surface area contributed by atoms with Crippen LogP contribution in [0.5, 0.6) is 0 Å². The van der Waals surface area contributed by atoms with Crippen molar-refractivity contribution in [1.29, 1.82) is 0 Å². The van der Waals surface area contributed by atoms with Crippen LogP contribution in [0.3, 0.4) is 0 Å². The number of hydrogen-bond acceptors (Lipinski definition) is 5. The lowest BCUT2D eigenvalue weighted by atomic mass is 10.1.